The molecule has 0 unspecified atom stereocenters. The number of ether oxygens (including phenoxy) is 2. The fourth-order valence-corrected chi connectivity index (χ4v) is 3.92. The molecule has 1 fully saturated rings. The zero-order chi connectivity index (χ0) is 25.9. The third-order valence-electron chi connectivity index (χ3n) is 5.91. The summed E-state index contributed by atoms with van der Waals surface area (Å²) in [5.41, 5.74) is -0.0547. The van der Waals surface area contributed by atoms with Crippen LogP contribution in [0.3, 0.4) is 0 Å². The molecule has 2 heterocycles. The van der Waals surface area contributed by atoms with Crippen LogP contribution in [0, 0.1) is 5.41 Å². The molecule has 0 N–H and O–H groups in total. The lowest BCUT2D eigenvalue weighted by atomic mass is 10.1. The first-order valence-corrected chi connectivity index (χ1v) is 13.5. The number of hydrogen-bond acceptors (Lipinski definition) is 6. The van der Waals surface area contributed by atoms with Crippen molar-refractivity contribution < 1.29 is 32.5 Å². The number of aromatic nitrogens is 3. The van der Waals surface area contributed by atoms with Crippen molar-refractivity contribution in [1.82, 2.24) is 14.5 Å². The summed E-state index contributed by atoms with van der Waals surface area (Å²) in [5, 5.41) is 11.2. The fraction of sp³-hybridized carbons (Fsp3) is 0.400. The normalized spacial score (nSPS) is 14.7. The number of pyridine rings is 1. The summed E-state index contributed by atoms with van der Waals surface area (Å²) < 4.78 is 52.4. The minimum atomic E-state index is -4.57. The summed E-state index contributed by atoms with van der Waals surface area (Å²) in [5.74, 6) is 0.393. The molecule has 0 atom stereocenters. The molecule has 1 aliphatic rings. The Kier molecular flexibility index (Phi) is 7.60. The van der Waals surface area contributed by atoms with Crippen LogP contribution in [-0.2, 0) is 33.3 Å². The minimum absolute atomic E-state index is 0.0436. The summed E-state index contributed by atoms with van der Waals surface area (Å²) in [7, 11) is 0.175. The van der Waals surface area contributed by atoms with Gasteiger partial charge in [0.05, 0.1) is 37.4 Å². The molecule has 0 amide bonds. The Morgan fingerprint density at radius 3 is 2.39 bits per heavy atom. The lowest BCUT2D eigenvalue weighted by molar-refractivity contribution is -0.314. The Morgan fingerprint density at radius 1 is 1.14 bits per heavy atom. The van der Waals surface area contributed by atoms with Crippen LogP contribution in [-0.4, -0.2) is 52.0 Å². The summed E-state index contributed by atoms with van der Waals surface area (Å²) in [6.45, 7) is 0.466. The molecule has 3 aromatic rings. The third-order valence-corrected chi connectivity index (χ3v) is 6.89. The first kappa shape index (κ1) is 26.0. The second-order valence-electron chi connectivity index (χ2n) is 8.96. The summed E-state index contributed by atoms with van der Waals surface area (Å²) >= 11 is 0. The van der Waals surface area contributed by atoms with Gasteiger partial charge >= 0.3 is 6.18 Å². The molecular formula is C25H26F3N3O4S. The largest absolute Gasteiger partial charge is 0.549 e. The monoisotopic (exact) mass is 521 g/mol. The molecule has 0 bridgehead atoms. The molecule has 1 aromatic carbocycles. The molecule has 192 valence electrons. The summed E-state index contributed by atoms with van der Waals surface area (Å²) in [4.78, 5) is 19.4. The van der Waals surface area contributed by atoms with Crippen LogP contribution in [0.4, 0.5) is 13.2 Å². The van der Waals surface area contributed by atoms with Gasteiger partial charge in [-0.3, -0.25) is 4.98 Å². The van der Waals surface area contributed by atoms with E-state index in [1.165, 1.54) is 10.8 Å². The van der Waals surface area contributed by atoms with E-state index in [9.17, 15) is 23.1 Å². The Morgan fingerprint density at radius 2 is 1.83 bits per heavy atom. The number of aliphatic carboxylic acids is 1. The van der Waals surface area contributed by atoms with Crippen molar-refractivity contribution in [1.29, 1.82) is 0 Å². The van der Waals surface area contributed by atoms with Crippen molar-refractivity contribution in [3.63, 3.8) is 0 Å². The average Bonchev–Trinajstić information content (AvgIpc) is 3.51. The maximum absolute atomic E-state index is 13.3. The molecule has 1 saturated carbocycles. The number of halogens is 3. The number of nitrogens with zero attached hydrogens (tertiary/aromatic N) is 3. The van der Waals surface area contributed by atoms with E-state index in [0.29, 0.717) is 36.5 Å². The van der Waals surface area contributed by atoms with Crippen LogP contribution in [0.15, 0.2) is 48.8 Å². The van der Waals surface area contributed by atoms with E-state index in [1.54, 1.807) is 36.4 Å². The third kappa shape index (κ3) is 6.19. The molecule has 11 heteroatoms. The molecule has 1 aliphatic carbocycles. The van der Waals surface area contributed by atoms with Gasteiger partial charge in [0, 0.05) is 28.9 Å². The first-order valence-electron chi connectivity index (χ1n) is 11.2. The lowest BCUT2D eigenvalue weighted by Gasteiger charge is -2.17. The highest BCUT2D eigenvalue weighted by molar-refractivity contribution is 7.95. The number of carbonyl (C=O) groups excluding carboxylic acids is 1. The molecule has 0 aliphatic heterocycles. The fourth-order valence-electron chi connectivity index (χ4n) is 3.47. The van der Waals surface area contributed by atoms with Gasteiger partial charge in [-0.25, -0.2) is 4.98 Å². The van der Waals surface area contributed by atoms with Crippen LogP contribution in [0.2, 0.25) is 0 Å². The number of carbonyl (C=O) groups is 1. The van der Waals surface area contributed by atoms with Crippen molar-refractivity contribution in [3.8, 4) is 28.4 Å². The van der Waals surface area contributed by atoms with Crippen LogP contribution < -0.4 is 9.84 Å². The van der Waals surface area contributed by atoms with E-state index < -0.39 is 23.3 Å². The predicted molar refractivity (Wildman–Crippen MR) is 128 cm³/mol. The topological polar surface area (TPSA) is 89.3 Å². The zero-order valence-electron chi connectivity index (χ0n) is 19.9. The van der Waals surface area contributed by atoms with E-state index in [2.05, 4.69) is 22.5 Å². The van der Waals surface area contributed by atoms with E-state index in [-0.39, 0.29) is 30.1 Å². The van der Waals surface area contributed by atoms with Crippen molar-refractivity contribution in [2.75, 3.05) is 31.5 Å². The van der Waals surface area contributed by atoms with Gasteiger partial charge < -0.3 is 23.9 Å². The van der Waals surface area contributed by atoms with Gasteiger partial charge in [-0.15, -0.1) is 0 Å². The van der Waals surface area contributed by atoms with Gasteiger partial charge in [-0.2, -0.15) is 13.2 Å². The van der Waals surface area contributed by atoms with Crippen LogP contribution in [0.1, 0.15) is 18.5 Å². The highest BCUT2D eigenvalue weighted by Gasteiger charge is 2.45. The van der Waals surface area contributed by atoms with Crippen molar-refractivity contribution >= 4 is 16.9 Å². The average molecular weight is 522 g/mol. The molecule has 4 rings (SSSR count). The van der Waals surface area contributed by atoms with Gasteiger partial charge in [0.25, 0.3) is 0 Å². The number of imidazole rings is 1. The Hall–Kier alpha value is -3.05. The first-order chi connectivity index (χ1) is 17.1. The Labute approximate surface area is 209 Å². The highest BCUT2D eigenvalue weighted by Crippen LogP contribution is 2.45. The second kappa shape index (κ2) is 10.5. The van der Waals surface area contributed by atoms with Gasteiger partial charge in [-0.1, -0.05) is 0 Å². The van der Waals surface area contributed by atoms with Crippen LogP contribution >= 0.6 is 0 Å². The predicted octanol–water partition coefficient (Wildman–Crippen LogP) is 3.39. The molecule has 0 radical (unpaired) electrons. The maximum Gasteiger partial charge on any atom is 0.434 e. The zero-order valence-corrected chi connectivity index (χ0v) is 20.7. The number of hydrogen-bond donors (Lipinski definition) is 0. The van der Waals surface area contributed by atoms with Gasteiger partial charge in [0.2, 0.25) is 0 Å². The number of benzene rings is 1. The van der Waals surface area contributed by atoms with E-state index in [0.717, 1.165) is 17.5 Å². The number of rotatable bonds is 11. The van der Waals surface area contributed by atoms with Crippen LogP contribution in [0.25, 0.3) is 22.6 Å². The van der Waals surface area contributed by atoms with E-state index in [4.69, 9.17) is 9.47 Å². The Bertz CT molecular complexity index is 1190. The molecule has 0 saturated heterocycles. The molecule has 0 spiro atoms. The minimum Gasteiger partial charge on any atom is -0.549 e. The Balaban J connectivity index is 1.46. The molecule has 36 heavy (non-hydrogen) atoms. The van der Waals surface area contributed by atoms with Gasteiger partial charge in [0.15, 0.2) is 5.69 Å². The smallest absolute Gasteiger partial charge is 0.434 e. The highest BCUT2D eigenvalue weighted by atomic mass is 32.2. The lowest BCUT2D eigenvalue weighted by Crippen LogP contribution is -2.36. The van der Waals surface area contributed by atoms with Crippen LogP contribution in [0.5, 0.6) is 5.75 Å². The summed E-state index contributed by atoms with van der Waals surface area (Å²) in [6, 6.07) is 10.4. The molecule has 7 nitrogen and oxygen atoms in total. The standard InChI is InChI=1S/C25H26F3N3O4S/c1-36(2)12-11-34-16-31-14-21(25(26,27)28)30-22(31)18-5-8-20(29-13-18)17-3-6-19(7-4-17)35-15-24(9-10-24)23(32)33/h3-8,13-14H,9-12,15-16H2,1-2H3. The van der Waals surface area contributed by atoms with Crippen molar-refractivity contribution in [2.24, 2.45) is 5.41 Å². The van der Waals surface area contributed by atoms with E-state index >= 15 is 0 Å². The number of alkyl halides is 3. The van der Waals surface area contributed by atoms with E-state index in [1.807, 2.05) is 0 Å². The maximum atomic E-state index is 13.3. The van der Waals surface area contributed by atoms with Crippen molar-refractivity contribution in [2.45, 2.75) is 25.7 Å². The molecular weight excluding hydrogens is 495 g/mol. The number of carboxylic acid groups (broad SMARTS) is 1. The van der Waals surface area contributed by atoms with Crippen molar-refractivity contribution in [3.05, 3.63) is 54.5 Å². The van der Waals surface area contributed by atoms with Gasteiger partial charge in [0.1, 0.15) is 24.1 Å². The quantitative estimate of drug-likeness (QED) is 0.284. The SMILES string of the molecule is C[S+](C)CCOCn1cc(C(F)(F)F)nc1-c1ccc(-c2ccc(OCC3(C(=O)[O-])CC3)cc2)nc1. The molecule has 2 aromatic heterocycles. The number of carboxylic acids is 1. The van der Waals surface area contributed by atoms with Gasteiger partial charge in [-0.05, 0) is 60.1 Å². The summed E-state index contributed by atoms with van der Waals surface area (Å²) in [6.07, 6.45) is 3.10. The second-order valence-corrected chi connectivity index (χ2v) is 11.3.